The monoisotopic (exact) mass is 474 g/mol. The average molecular weight is 475 g/mol. The fourth-order valence-corrected chi connectivity index (χ4v) is 3.52. The molecule has 0 saturated carbocycles. The number of amides is 2. The average Bonchev–Trinajstić information content (AvgIpc) is 2.63. The van der Waals surface area contributed by atoms with E-state index in [4.69, 9.17) is 4.74 Å². The van der Waals surface area contributed by atoms with Crippen LogP contribution in [0.1, 0.15) is 44.4 Å². The maximum Gasteiger partial charge on any atom is 0.261 e. The Bertz CT molecular complexity index is 906. The van der Waals surface area contributed by atoms with Crippen LogP contribution in [0.4, 0.5) is 0 Å². The molecule has 6 heteroatoms. The van der Waals surface area contributed by atoms with Crippen molar-refractivity contribution in [1.29, 1.82) is 0 Å². The van der Waals surface area contributed by atoms with Gasteiger partial charge in [0, 0.05) is 16.6 Å². The van der Waals surface area contributed by atoms with Crippen LogP contribution in [-0.2, 0) is 16.1 Å². The fourth-order valence-electron chi connectivity index (χ4n) is 3.07. The van der Waals surface area contributed by atoms with Crippen molar-refractivity contribution in [2.24, 2.45) is 0 Å². The Morgan fingerprint density at radius 3 is 2.43 bits per heavy atom. The summed E-state index contributed by atoms with van der Waals surface area (Å²) in [4.78, 5) is 27.4. The molecule has 0 aliphatic heterocycles. The Balaban J connectivity index is 2.20. The third-order valence-corrected chi connectivity index (χ3v) is 5.08. The number of hydrogen-bond acceptors (Lipinski definition) is 3. The van der Waals surface area contributed by atoms with Crippen molar-refractivity contribution in [2.75, 3.05) is 6.61 Å². The number of nitrogens with zero attached hydrogens (tertiary/aromatic N) is 1. The number of rotatable bonds is 7. The second-order valence-corrected chi connectivity index (χ2v) is 9.54. The first-order valence-corrected chi connectivity index (χ1v) is 10.8. The molecule has 2 aromatic carbocycles. The lowest BCUT2D eigenvalue weighted by atomic mass is 10.1. The molecule has 0 aliphatic rings. The molecular formula is C24H31BrN2O3. The molecule has 0 bridgehead atoms. The van der Waals surface area contributed by atoms with Gasteiger partial charge in [-0.3, -0.25) is 9.59 Å². The normalized spacial score (nSPS) is 12.2. The number of hydrogen-bond donors (Lipinski definition) is 1. The first-order chi connectivity index (χ1) is 14.0. The second kappa shape index (κ2) is 10.1. The smallest absolute Gasteiger partial charge is 0.261 e. The highest BCUT2D eigenvalue weighted by molar-refractivity contribution is 9.10. The number of carbonyl (C=O) groups is 2. The van der Waals surface area contributed by atoms with Gasteiger partial charge in [0.15, 0.2) is 6.61 Å². The maximum atomic E-state index is 13.1. The van der Waals surface area contributed by atoms with Gasteiger partial charge in [-0.15, -0.1) is 0 Å². The van der Waals surface area contributed by atoms with Crippen molar-refractivity contribution in [3.8, 4) is 5.75 Å². The zero-order chi connectivity index (χ0) is 22.5. The third kappa shape index (κ3) is 7.17. The van der Waals surface area contributed by atoms with Gasteiger partial charge in [0.2, 0.25) is 5.91 Å². The maximum absolute atomic E-state index is 13.1. The summed E-state index contributed by atoms with van der Waals surface area (Å²) in [5, 5.41) is 2.96. The summed E-state index contributed by atoms with van der Waals surface area (Å²) in [6, 6.07) is 12.9. The minimum atomic E-state index is -0.640. The molecule has 1 atom stereocenters. The molecule has 5 nitrogen and oxygen atoms in total. The van der Waals surface area contributed by atoms with Crippen molar-refractivity contribution in [3.05, 3.63) is 63.6 Å². The van der Waals surface area contributed by atoms with Gasteiger partial charge in [0.05, 0.1) is 0 Å². The summed E-state index contributed by atoms with van der Waals surface area (Å²) in [6.45, 7) is 11.6. The predicted molar refractivity (Wildman–Crippen MR) is 123 cm³/mol. The Labute approximate surface area is 187 Å². The molecule has 0 saturated heterocycles. The summed E-state index contributed by atoms with van der Waals surface area (Å²) in [6.07, 6.45) is 0. The van der Waals surface area contributed by atoms with Crippen LogP contribution in [0.5, 0.6) is 5.75 Å². The third-order valence-electron chi connectivity index (χ3n) is 4.59. The molecule has 1 N–H and O–H groups in total. The van der Waals surface area contributed by atoms with Crippen LogP contribution in [0.2, 0.25) is 0 Å². The molecule has 0 fully saturated rings. The minimum Gasteiger partial charge on any atom is -0.483 e. The van der Waals surface area contributed by atoms with Gasteiger partial charge in [-0.2, -0.15) is 0 Å². The van der Waals surface area contributed by atoms with Crippen LogP contribution >= 0.6 is 15.9 Å². The topological polar surface area (TPSA) is 58.6 Å². The summed E-state index contributed by atoms with van der Waals surface area (Å²) in [7, 11) is 0. The van der Waals surface area contributed by atoms with E-state index in [1.165, 1.54) is 0 Å². The van der Waals surface area contributed by atoms with Gasteiger partial charge in [-0.05, 0) is 70.9 Å². The molecule has 0 spiro atoms. The Kier molecular flexibility index (Phi) is 8.07. The first kappa shape index (κ1) is 23.9. The highest BCUT2D eigenvalue weighted by atomic mass is 79.9. The summed E-state index contributed by atoms with van der Waals surface area (Å²) >= 11 is 3.46. The van der Waals surface area contributed by atoms with E-state index in [0.717, 1.165) is 21.2 Å². The molecule has 2 aromatic rings. The van der Waals surface area contributed by atoms with Gasteiger partial charge in [-0.25, -0.2) is 0 Å². The van der Waals surface area contributed by atoms with E-state index in [1.54, 1.807) is 11.8 Å². The summed E-state index contributed by atoms with van der Waals surface area (Å²) in [5.74, 6) is 0.229. The molecule has 162 valence electrons. The number of nitrogens with one attached hydrogen (secondary N) is 1. The molecule has 0 aromatic heterocycles. The predicted octanol–water partition coefficient (Wildman–Crippen LogP) is 4.78. The lowest BCUT2D eigenvalue weighted by Crippen LogP contribution is -2.53. The van der Waals surface area contributed by atoms with Crippen molar-refractivity contribution in [3.63, 3.8) is 0 Å². The summed E-state index contributed by atoms with van der Waals surface area (Å²) in [5.41, 5.74) is 2.65. The fraction of sp³-hybridized carbons (Fsp3) is 0.417. The van der Waals surface area contributed by atoms with E-state index in [2.05, 4.69) is 21.2 Å². The van der Waals surface area contributed by atoms with Crippen LogP contribution in [0.15, 0.2) is 46.9 Å². The van der Waals surface area contributed by atoms with Crippen molar-refractivity contribution >= 4 is 27.7 Å². The van der Waals surface area contributed by atoms with E-state index in [-0.39, 0.29) is 24.0 Å². The van der Waals surface area contributed by atoms with Crippen LogP contribution < -0.4 is 10.1 Å². The van der Waals surface area contributed by atoms with Crippen molar-refractivity contribution in [2.45, 2.75) is 59.7 Å². The minimum absolute atomic E-state index is 0.134. The molecule has 30 heavy (non-hydrogen) atoms. The lowest BCUT2D eigenvalue weighted by molar-refractivity contribution is -0.142. The van der Waals surface area contributed by atoms with Gasteiger partial charge in [0.25, 0.3) is 5.91 Å². The second-order valence-electron chi connectivity index (χ2n) is 8.62. The highest BCUT2D eigenvalue weighted by Crippen LogP contribution is 2.20. The number of benzene rings is 2. The van der Waals surface area contributed by atoms with E-state index in [9.17, 15) is 9.59 Å². The largest absolute Gasteiger partial charge is 0.483 e. The molecule has 0 radical (unpaired) electrons. The van der Waals surface area contributed by atoms with Crippen molar-refractivity contribution < 1.29 is 14.3 Å². The Hall–Kier alpha value is -2.34. The van der Waals surface area contributed by atoms with E-state index in [0.29, 0.717) is 12.3 Å². The number of halogens is 1. The Morgan fingerprint density at radius 2 is 1.83 bits per heavy atom. The Morgan fingerprint density at radius 1 is 1.13 bits per heavy atom. The molecule has 2 rings (SSSR count). The molecule has 2 amide bonds. The number of ether oxygens (including phenoxy) is 1. The van der Waals surface area contributed by atoms with Crippen LogP contribution in [-0.4, -0.2) is 34.9 Å². The standard InChI is InChI=1S/C24H31BrN2O3/c1-16-10-11-21(17(2)12-16)30-15-22(28)27(14-19-8-7-9-20(25)13-19)18(3)23(29)26-24(4,5)6/h7-13,18H,14-15H2,1-6H3,(H,26,29). The number of carbonyl (C=O) groups excluding carboxylic acids is 2. The van der Waals surface area contributed by atoms with Gasteiger partial charge >= 0.3 is 0 Å². The van der Waals surface area contributed by atoms with Gasteiger partial charge < -0.3 is 15.0 Å². The SMILES string of the molecule is Cc1ccc(OCC(=O)N(Cc2cccc(Br)c2)C(C)C(=O)NC(C)(C)C)c(C)c1. The quantitative estimate of drug-likeness (QED) is 0.628. The molecule has 0 aliphatic carbocycles. The summed E-state index contributed by atoms with van der Waals surface area (Å²) < 4.78 is 6.72. The lowest BCUT2D eigenvalue weighted by Gasteiger charge is -2.31. The molecular weight excluding hydrogens is 444 g/mol. The van der Waals surface area contributed by atoms with Crippen molar-refractivity contribution in [1.82, 2.24) is 10.2 Å². The molecule has 1 unspecified atom stereocenters. The van der Waals surface area contributed by atoms with E-state index in [1.807, 2.05) is 77.1 Å². The zero-order valence-electron chi connectivity index (χ0n) is 18.6. The highest BCUT2D eigenvalue weighted by Gasteiger charge is 2.28. The van der Waals surface area contributed by atoms with Crippen LogP contribution in [0, 0.1) is 13.8 Å². The van der Waals surface area contributed by atoms with E-state index < -0.39 is 6.04 Å². The van der Waals surface area contributed by atoms with Gasteiger partial charge in [-0.1, -0.05) is 45.8 Å². The number of aryl methyl sites for hydroxylation is 2. The van der Waals surface area contributed by atoms with E-state index >= 15 is 0 Å². The zero-order valence-corrected chi connectivity index (χ0v) is 20.2. The molecule has 0 heterocycles. The van der Waals surface area contributed by atoms with Crippen LogP contribution in [0.3, 0.4) is 0 Å². The first-order valence-electron chi connectivity index (χ1n) is 10.0. The van der Waals surface area contributed by atoms with Gasteiger partial charge in [0.1, 0.15) is 11.8 Å². The van der Waals surface area contributed by atoms with Crippen LogP contribution in [0.25, 0.3) is 0 Å².